The molecule has 0 saturated carbocycles. The summed E-state index contributed by atoms with van der Waals surface area (Å²) in [6.45, 7) is 1.01. The maximum Gasteiger partial charge on any atom is 0.170 e. The number of rotatable bonds is 1. The van der Waals surface area contributed by atoms with Gasteiger partial charge in [0.1, 0.15) is 0 Å². The van der Waals surface area contributed by atoms with Gasteiger partial charge in [-0.1, -0.05) is 38.0 Å². The highest BCUT2D eigenvalue weighted by Gasteiger charge is 2.23. The van der Waals surface area contributed by atoms with Crippen LogP contribution >= 0.6 is 0 Å². The SMILES string of the molecule is C1=C(B2CCCC2)CCCC1. The van der Waals surface area contributed by atoms with E-state index < -0.39 is 0 Å². The van der Waals surface area contributed by atoms with E-state index >= 15 is 0 Å². The molecule has 0 aromatic rings. The van der Waals surface area contributed by atoms with Crippen LogP contribution in [-0.4, -0.2) is 6.71 Å². The molecular formula is C10H17B. The van der Waals surface area contributed by atoms with Gasteiger partial charge in [-0.15, -0.1) is 5.47 Å². The quantitative estimate of drug-likeness (QED) is 0.500. The van der Waals surface area contributed by atoms with Crippen molar-refractivity contribution in [1.29, 1.82) is 0 Å². The van der Waals surface area contributed by atoms with E-state index in [4.69, 9.17) is 0 Å². The normalized spacial score (nSPS) is 25.5. The fourth-order valence-corrected chi connectivity index (χ4v) is 2.53. The van der Waals surface area contributed by atoms with Gasteiger partial charge in [0.05, 0.1) is 0 Å². The molecule has 0 amide bonds. The third-order valence-corrected chi connectivity index (χ3v) is 3.21. The Hall–Kier alpha value is -0.195. The second kappa shape index (κ2) is 3.47. The highest BCUT2D eigenvalue weighted by Crippen LogP contribution is 2.30. The largest absolute Gasteiger partial charge is 0.170 e. The van der Waals surface area contributed by atoms with Gasteiger partial charge in [0.25, 0.3) is 0 Å². The second-order valence-corrected chi connectivity index (χ2v) is 4.01. The molecule has 0 atom stereocenters. The molecule has 1 aliphatic carbocycles. The minimum absolute atomic E-state index is 1.01. The molecule has 0 aromatic carbocycles. The highest BCUT2D eigenvalue weighted by atomic mass is 14.1. The average Bonchev–Trinajstić information content (AvgIpc) is 2.58. The molecule has 1 fully saturated rings. The summed E-state index contributed by atoms with van der Waals surface area (Å²) in [6.07, 6.45) is 14.2. The molecule has 0 unspecified atom stereocenters. The second-order valence-electron chi connectivity index (χ2n) is 4.01. The minimum atomic E-state index is 1.01. The van der Waals surface area contributed by atoms with E-state index in [0.717, 1.165) is 6.71 Å². The maximum absolute atomic E-state index is 2.53. The Morgan fingerprint density at radius 3 is 2.45 bits per heavy atom. The van der Waals surface area contributed by atoms with E-state index in [1.165, 1.54) is 51.2 Å². The van der Waals surface area contributed by atoms with Gasteiger partial charge < -0.3 is 0 Å². The van der Waals surface area contributed by atoms with Crippen molar-refractivity contribution in [2.45, 2.75) is 51.2 Å². The van der Waals surface area contributed by atoms with Crippen molar-refractivity contribution >= 4 is 6.71 Å². The molecule has 11 heavy (non-hydrogen) atoms. The molecule has 0 nitrogen and oxygen atoms in total. The topological polar surface area (TPSA) is 0 Å². The third kappa shape index (κ3) is 1.69. The van der Waals surface area contributed by atoms with Crippen molar-refractivity contribution < 1.29 is 0 Å². The molecular weight excluding hydrogens is 131 g/mol. The van der Waals surface area contributed by atoms with Gasteiger partial charge in [0.2, 0.25) is 0 Å². The molecule has 0 aromatic heterocycles. The van der Waals surface area contributed by atoms with Crippen LogP contribution in [0.1, 0.15) is 38.5 Å². The Kier molecular flexibility index (Phi) is 2.35. The first-order valence-corrected chi connectivity index (χ1v) is 5.16. The molecule has 0 N–H and O–H groups in total. The van der Waals surface area contributed by atoms with Gasteiger partial charge >= 0.3 is 0 Å². The van der Waals surface area contributed by atoms with E-state index in [1.807, 2.05) is 5.47 Å². The van der Waals surface area contributed by atoms with Crippen LogP contribution in [-0.2, 0) is 0 Å². The molecule has 1 saturated heterocycles. The molecule has 1 heteroatoms. The van der Waals surface area contributed by atoms with Gasteiger partial charge in [0.15, 0.2) is 6.71 Å². The fourth-order valence-electron chi connectivity index (χ4n) is 2.53. The van der Waals surface area contributed by atoms with Crippen molar-refractivity contribution in [2.75, 3.05) is 0 Å². The lowest BCUT2D eigenvalue weighted by Gasteiger charge is -2.15. The predicted octanol–water partition coefficient (Wildman–Crippen LogP) is 3.31. The summed E-state index contributed by atoms with van der Waals surface area (Å²) in [5, 5.41) is 0. The monoisotopic (exact) mass is 148 g/mol. The zero-order valence-electron chi connectivity index (χ0n) is 7.31. The van der Waals surface area contributed by atoms with Crippen LogP contribution in [0.4, 0.5) is 0 Å². The minimum Gasteiger partial charge on any atom is -0.105 e. The number of hydrogen-bond acceptors (Lipinski definition) is 0. The van der Waals surface area contributed by atoms with Crippen LogP contribution in [0.5, 0.6) is 0 Å². The fraction of sp³-hybridized carbons (Fsp3) is 0.800. The average molecular weight is 148 g/mol. The van der Waals surface area contributed by atoms with E-state index in [9.17, 15) is 0 Å². The lowest BCUT2D eigenvalue weighted by molar-refractivity contribution is 0.718. The van der Waals surface area contributed by atoms with Crippen LogP contribution < -0.4 is 0 Å². The van der Waals surface area contributed by atoms with E-state index in [2.05, 4.69) is 6.08 Å². The first-order chi connectivity index (χ1) is 5.47. The lowest BCUT2D eigenvalue weighted by atomic mass is 9.41. The van der Waals surface area contributed by atoms with E-state index in [-0.39, 0.29) is 0 Å². The standard InChI is InChI=1S/C10H17B/c1-2-6-10(7-3-1)11-8-4-5-9-11/h6H,1-5,7-9H2. The van der Waals surface area contributed by atoms with Crippen LogP contribution in [0, 0.1) is 0 Å². The molecule has 2 rings (SSSR count). The van der Waals surface area contributed by atoms with Gasteiger partial charge in [-0.3, -0.25) is 0 Å². The summed E-state index contributed by atoms with van der Waals surface area (Å²) in [4.78, 5) is 0. The Labute approximate surface area is 70.1 Å². The highest BCUT2D eigenvalue weighted by molar-refractivity contribution is 6.67. The van der Waals surface area contributed by atoms with Crippen molar-refractivity contribution in [2.24, 2.45) is 0 Å². The molecule has 60 valence electrons. The van der Waals surface area contributed by atoms with Crippen LogP contribution in [0.15, 0.2) is 11.5 Å². The van der Waals surface area contributed by atoms with Gasteiger partial charge in [0, 0.05) is 0 Å². The summed E-state index contributed by atoms with van der Waals surface area (Å²) >= 11 is 0. The molecule has 0 spiro atoms. The smallest absolute Gasteiger partial charge is 0.105 e. The van der Waals surface area contributed by atoms with Crippen molar-refractivity contribution in [3.05, 3.63) is 11.5 Å². The Morgan fingerprint density at radius 1 is 1.00 bits per heavy atom. The zero-order valence-corrected chi connectivity index (χ0v) is 7.31. The number of hydrogen-bond donors (Lipinski definition) is 0. The van der Waals surface area contributed by atoms with Crippen LogP contribution in [0.25, 0.3) is 0 Å². The third-order valence-electron chi connectivity index (χ3n) is 3.21. The van der Waals surface area contributed by atoms with Crippen molar-refractivity contribution in [3.8, 4) is 0 Å². The summed E-state index contributed by atoms with van der Waals surface area (Å²) in [6, 6.07) is 0. The predicted molar refractivity (Wildman–Crippen MR) is 51.2 cm³/mol. The van der Waals surface area contributed by atoms with Gasteiger partial charge in [-0.25, -0.2) is 0 Å². The van der Waals surface area contributed by atoms with E-state index in [0.29, 0.717) is 0 Å². The Morgan fingerprint density at radius 2 is 1.82 bits per heavy atom. The Bertz CT molecular complexity index is 154. The first kappa shape index (κ1) is 7.45. The maximum atomic E-state index is 2.53. The summed E-state index contributed by atoms with van der Waals surface area (Å²) < 4.78 is 0. The summed E-state index contributed by atoms with van der Waals surface area (Å²) in [7, 11) is 0. The summed E-state index contributed by atoms with van der Waals surface area (Å²) in [5.74, 6) is 0. The van der Waals surface area contributed by atoms with Crippen LogP contribution in [0.3, 0.4) is 0 Å². The first-order valence-electron chi connectivity index (χ1n) is 5.16. The van der Waals surface area contributed by atoms with Crippen molar-refractivity contribution in [1.82, 2.24) is 0 Å². The molecule has 0 radical (unpaired) electrons. The lowest BCUT2D eigenvalue weighted by Crippen LogP contribution is -2.12. The molecule has 1 heterocycles. The summed E-state index contributed by atoms with van der Waals surface area (Å²) in [5.41, 5.74) is 1.81. The van der Waals surface area contributed by atoms with Gasteiger partial charge in [-0.05, 0) is 19.3 Å². The molecule has 1 aliphatic heterocycles. The molecule has 0 bridgehead atoms. The Balaban J connectivity index is 1.96. The van der Waals surface area contributed by atoms with E-state index in [1.54, 1.807) is 0 Å². The van der Waals surface area contributed by atoms with Crippen molar-refractivity contribution in [3.63, 3.8) is 0 Å². The van der Waals surface area contributed by atoms with Gasteiger partial charge in [-0.2, -0.15) is 0 Å². The number of allylic oxidation sites excluding steroid dienone is 2. The van der Waals surface area contributed by atoms with Crippen LogP contribution in [0.2, 0.25) is 12.6 Å². The molecule has 2 aliphatic rings. The zero-order chi connectivity index (χ0) is 7.52.